The summed E-state index contributed by atoms with van der Waals surface area (Å²) in [5.41, 5.74) is 1.76. The van der Waals surface area contributed by atoms with Crippen molar-refractivity contribution in [2.75, 3.05) is 18.4 Å². The van der Waals surface area contributed by atoms with Crippen LogP contribution in [0.4, 0.5) is 10.5 Å². The van der Waals surface area contributed by atoms with Crippen molar-refractivity contribution in [3.05, 3.63) is 58.8 Å². The Morgan fingerprint density at radius 1 is 1.33 bits per heavy atom. The third-order valence-electron chi connectivity index (χ3n) is 5.58. The zero-order valence-corrected chi connectivity index (χ0v) is 15.3. The number of anilines is 1. The molecule has 1 aliphatic carbocycles. The molecule has 1 saturated carbocycles. The standard InChI is InChI=1S/C20H25N5O2/c26-18(24-17-11-20(12-17)6-2-7-21-14-20)23-16-5-1-4-15(10-16)13-25-9-3-8-22-19(25)27/h1,3-5,8-10,17,21H,2,6-7,11-14H2,(H2,23,24,26). The predicted molar refractivity (Wildman–Crippen MR) is 104 cm³/mol. The van der Waals surface area contributed by atoms with E-state index < -0.39 is 0 Å². The number of piperidine rings is 1. The molecule has 0 bridgehead atoms. The van der Waals surface area contributed by atoms with Gasteiger partial charge in [-0.15, -0.1) is 0 Å². The molecule has 2 aromatic rings. The molecule has 2 fully saturated rings. The van der Waals surface area contributed by atoms with Crippen molar-refractivity contribution >= 4 is 11.7 Å². The average Bonchev–Trinajstić information content (AvgIpc) is 2.63. The van der Waals surface area contributed by atoms with Gasteiger partial charge in [0.05, 0.1) is 6.54 Å². The zero-order chi connectivity index (χ0) is 18.7. The van der Waals surface area contributed by atoms with E-state index in [-0.39, 0.29) is 17.8 Å². The lowest BCUT2D eigenvalue weighted by Gasteiger charge is -2.50. The van der Waals surface area contributed by atoms with Gasteiger partial charge in [0.15, 0.2) is 0 Å². The van der Waals surface area contributed by atoms with E-state index in [4.69, 9.17) is 0 Å². The van der Waals surface area contributed by atoms with Crippen molar-refractivity contribution in [3.8, 4) is 0 Å². The van der Waals surface area contributed by atoms with Crippen LogP contribution in [-0.2, 0) is 6.54 Å². The number of carbonyl (C=O) groups is 1. The van der Waals surface area contributed by atoms with E-state index >= 15 is 0 Å². The Morgan fingerprint density at radius 3 is 3.00 bits per heavy atom. The van der Waals surface area contributed by atoms with E-state index in [0.29, 0.717) is 12.0 Å². The Labute approximate surface area is 158 Å². The topological polar surface area (TPSA) is 88.0 Å². The molecule has 0 radical (unpaired) electrons. The van der Waals surface area contributed by atoms with E-state index in [0.717, 1.165) is 37.2 Å². The predicted octanol–water partition coefficient (Wildman–Crippen LogP) is 1.95. The van der Waals surface area contributed by atoms with Crippen molar-refractivity contribution in [3.63, 3.8) is 0 Å². The average molecular weight is 367 g/mol. The van der Waals surface area contributed by atoms with Gasteiger partial charge in [0, 0.05) is 30.7 Å². The summed E-state index contributed by atoms with van der Waals surface area (Å²) in [6, 6.07) is 9.34. The number of benzene rings is 1. The molecule has 1 aromatic carbocycles. The number of aromatic nitrogens is 2. The molecule has 1 spiro atoms. The van der Waals surface area contributed by atoms with E-state index in [1.165, 1.54) is 23.6 Å². The highest BCUT2D eigenvalue weighted by Crippen LogP contribution is 2.45. The fraction of sp³-hybridized carbons (Fsp3) is 0.450. The Kier molecular flexibility index (Phi) is 4.94. The second-order valence-electron chi connectivity index (χ2n) is 7.71. The summed E-state index contributed by atoms with van der Waals surface area (Å²) >= 11 is 0. The van der Waals surface area contributed by atoms with Gasteiger partial charge < -0.3 is 16.0 Å². The Bertz CT molecular complexity index is 864. The van der Waals surface area contributed by atoms with E-state index in [1.54, 1.807) is 12.3 Å². The first-order chi connectivity index (χ1) is 13.1. The van der Waals surface area contributed by atoms with Crippen LogP contribution in [-0.4, -0.2) is 34.7 Å². The molecule has 1 saturated heterocycles. The van der Waals surface area contributed by atoms with Crippen LogP contribution < -0.4 is 21.6 Å². The van der Waals surface area contributed by atoms with E-state index in [2.05, 4.69) is 20.9 Å². The van der Waals surface area contributed by atoms with Gasteiger partial charge in [-0.2, -0.15) is 0 Å². The van der Waals surface area contributed by atoms with Gasteiger partial charge in [-0.1, -0.05) is 12.1 Å². The fourth-order valence-corrected chi connectivity index (χ4v) is 4.27. The Morgan fingerprint density at radius 2 is 2.22 bits per heavy atom. The first-order valence-corrected chi connectivity index (χ1v) is 9.51. The van der Waals surface area contributed by atoms with E-state index in [1.807, 2.05) is 24.3 Å². The summed E-state index contributed by atoms with van der Waals surface area (Å²) in [6.45, 7) is 2.60. The molecule has 27 heavy (non-hydrogen) atoms. The number of nitrogens with zero attached hydrogens (tertiary/aromatic N) is 2. The van der Waals surface area contributed by atoms with Crippen molar-refractivity contribution in [1.29, 1.82) is 0 Å². The van der Waals surface area contributed by atoms with Gasteiger partial charge in [-0.05, 0) is 61.4 Å². The maximum Gasteiger partial charge on any atom is 0.347 e. The van der Waals surface area contributed by atoms with Crippen LogP contribution >= 0.6 is 0 Å². The monoisotopic (exact) mass is 367 g/mol. The molecule has 2 heterocycles. The van der Waals surface area contributed by atoms with Gasteiger partial charge >= 0.3 is 11.7 Å². The van der Waals surface area contributed by atoms with Gasteiger partial charge in [-0.3, -0.25) is 4.57 Å². The molecule has 0 atom stereocenters. The van der Waals surface area contributed by atoms with Crippen molar-refractivity contribution < 1.29 is 4.79 Å². The maximum atomic E-state index is 12.3. The number of nitrogens with one attached hydrogen (secondary N) is 3. The SMILES string of the molecule is O=C(Nc1cccc(Cn2cccnc2=O)c1)NC1CC2(CCCNC2)C1. The molecule has 3 N–H and O–H groups in total. The number of amides is 2. The summed E-state index contributed by atoms with van der Waals surface area (Å²) in [5.74, 6) is 0. The molecule has 2 amide bonds. The van der Waals surface area contributed by atoms with Crippen molar-refractivity contribution in [2.45, 2.75) is 38.3 Å². The Balaban J connectivity index is 1.31. The van der Waals surface area contributed by atoms with Crippen molar-refractivity contribution in [2.24, 2.45) is 5.41 Å². The van der Waals surface area contributed by atoms with Gasteiger partial charge in [-0.25, -0.2) is 14.6 Å². The third kappa shape index (κ3) is 4.19. The molecule has 2 aliphatic rings. The first kappa shape index (κ1) is 17.7. The minimum absolute atomic E-state index is 0.172. The molecule has 4 rings (SSSR count). The molecule has 7 heteroatoms. The highest BCUT2D eigenvalue weighted by Gasteiger charge is 2.45. The number of urea groups is 1. The highest BCUT2D eigenvalue weighted by molar-refractivity contribution is 5.89. The first-order valence-electron chi connectivity index (χ1n) is 9.51. The van der Waals surface area contributed by atoms with Crippen LogP contribution in [0.1, 0.15) is 31.2 Å². The van der Waals surface area contributed by atoms with Crippen LogP contribution in [0.15, 0.2) is 47.5 Å². The Hall–Kier alpha value is -2.67. The van der Waals surface area contributed by atoms with Gasteiger partial charge in [0.1, 0.15) is 0 Å². The minimum Gasteiger partial charge on any atom is -0.335 e. The quantitative estimate of drug-likeness (QED) is 0.771. The van der Waals surface area contributed by atoms with Crippen LogP contribution in [0.25, 0.3) is 0 Å². The lowest BCUT2D eigenvalue weighted by atomic mass is 9.62. The van der Waals surface area contributed by atoms with Crippen LogP contribution in [0.3, 0.4) is 0 Å². The number of hydrogen-bond acceptors (Lipinski definition) is 4. The van der Waals surface area contributed by atoms with Gasteiger partial charge in [0.2, 0.25) is 0 Å². The molecule has 1 aromatic heterocycles. The molecule has 0 unspecified atom stereocenters. The molecular weight excluding hydrogens is 342 g/mol. The maximum absolute atomic E-state index is 12.3. The molecule has 142 valence electrons. The molecular formula is C20H25N5O2. The number of rotatable bonds is 4. The van der Waals surface area contributed by atoms with Crippen molar-refractivity contribution in [1.82, 2.24) is 20.2 Å². The molecule has 7 nitrogen and oxygen atoms in total. The minimum atomic E-state index is -0.287. The largest absolute Gasteiger partial charge is 0.347 e. The van der Waals surface area contributed by atoms with E-state index in [9.17, 15) is 9.59 Å². The number of hydrogen-bond donors (Lipinski definition) is 3. The lowest BCUT2D eigenvalue weighted by Crippen LogP contribution is -2.57. The summed E-state index contributed by atoms with van der Waals surface area (Å²) in [5, 5.41) is 9.44. The van der Waals surface area contributed by atoms with Gasteiger partial charge in [0.25, 0.3) is 0 Å². The summed E-state index contributed by atoms with van der Waals surface area (Å²) in [6.07, 6.45) is 7.78. The summed E-state index contributed by atoms with van der Waals surface area (Å²) in [7, 11) is 0. The van der Waals surface area contributed by atoms with Crippen LogP contribution in [0.2, 0.25) is 0 Å². The molecule has 1 aliphatic heterocycles. The summed E-state index contributed by atoms with van der Waals surface area (Å²) in [4.78, 5) is 27.8. The summed E-state index contributed by atoms with van der Waals surface area (Å²) < 4.78 is 1.53. The van der Waals surface area contributed by atoms with Crippen LogP contribution in [0.5, 0.6) is 0 Å². The third-order valence-corrected chi connectivity index (χ3v) is 5.58. The van der Waals surface area contributed by atoms with Crippen LogP contribution in [0, 0.1) is 5.41 Å². The zero-order valence-electron chi connectivity index (χ0n) is 15.3. The fourth-order valence-electron chi connectivity index (χ4n) is 4.27. The lowest BCUT2D eigenvalue weighted by molar-refractivity contribution is 0.0580. The second-order valence-corrected chi connectivity index (χ2v) is 7.71. The highest BCUT2D eigenvalue weighted by atomic mass is 16.2. The number of carbonyl (C=O) groups excluding carboxylic acids is 1. The normalized spacial score (nSPS) is 24.2. The second kappa shape index (κ2) is 7.52. The smallest absolute Gasteiger partial charge is 0.335 e.